The van der Waals surface area contributed by atoms with Gasteiger partial charge in [0.2, 0.25) is 0 Å². The summed E-state index contributed by atoms with van der Waals surface area (Å²) >= 11 is 6.98. The fourth-order valence-electron chi connectivity index (χ4n) is 2.73. The summed E-state index contributed by atoms with van der Waals surface area (Å²) in [5.41, 5.74) is 0.864. The Bertz CT molecular complexity index is 861. The Morgan fingerprint density at radius 3 is 2.31 bits per heavy atom. The van der Waals surface area contributed by atoms with Crippen molar-refractivity contribution in [1.82, 2.24) is 13.9 Å². The van der Waals surface area contributed by atoms with Crippen LogP contribution in [-0.2, 0) is 20.9 Å². The molecule has 0 radical (unpaired) electrons. The minimum absolute atomic E-state index is 0.0757. The number of carbonyl (C=O) groups is 1. The molecule has 1 atom stereocenters. The van der Waals surface area contributed by atoms with E-state index >= 15 is 0 Å². The minimum Gasteiger partial charge on any atom is -0.451 e. The molecule has 1 heterocycles. The molecule has 0 aliphatic heterocycles. The number of benzene rings is 1. The predicted molar refractivity (Wildman–Crippen MR) is 127 cm³/mol. The van der Waals surface area contributed by atoms with Crippen molar-refractivity contribution < 1.29 is 22.5 Å². The molecule has 0 aliphatic carbocycles. The smallest absolute Gasteiger partial charge is 0.294 e. The minimum atomic E-state index is -1.04. The highest BCUT2D eigenvalue weighted by Crippen LogP contribution is 2.35. The van der Waals surface area contributed by atoms with Gasteiger partial charge in [-0.3, -0.25) is 4.79 Å². The van der Waals surface area contributed by atoms with E-state index < -0.39 is 11.9 Å². The van der Waals surface area contributed by atoms with Crippen LogP contribution in [0.4, 0.5) is 8.28 Å². The normalized spacial score (nSPS) is 12.2. The van der Waals surface area contributed by atoms with Crippen LogP contribution < -0.4 is 0 Å². The maximum Gasteiger partial charge on any atom is 0.294 e. The Kier molecular flexibility index (Phi) is 12.6. The first kappa shape index (κ1) is 28.7. The van der Waals surface area contributed by atoms with Crippen LogP contribution in [0.1, 0.15) is 50.9 Å². The number of methoxy groups -OCH3 is 1. The van der Waals surface area contributed by atoms with E-state index in [1.54, 1.807) is 6.26 Å². The summed E-state index contributed by atoms with van der Waals surface area (Å²) in [6.07, 6.45) is 0.720. The largest absolute Gasteiger partial charge is 0.451 e. The van der Waals surface area contributed by atoms with Gasteiger partial charge in [-0.25, -0.2) is 13.3 Å². The van der Waals surface area contributed by atoms with Crippen molar-refractivity contribution in [1.29, 1.82) is 0 Å². The van der Waals surface area contributed by atoms with Gasteiger partial charge in [-0.2, -0.15) is 0 Å². The van der Waals surface area contributed by atoms with Gasteiger partial charge in [0, 0.05) is 24.8 Å². The van der Waals surface area contributed by atoms with Crippen molar-refractivity contribution in [3.05, 3.63) is 46.1 Å². The summed E-state index contributed by atoms with van der Waals surface area (Å²) in [6.45, 7) is 9.22. The molecule has 0 saturated heterocycles. The maximum absolute atomic E-state index is 13.5. The second kappa shape index (κ2) is 14.0. The quantitative estimate of drug-likeness (QED) is 0.291. The van der Waals surface area contributed by atoms with Crippen LogP contribution in [0.3, 0.4) is 0 Å². The number of ether oxygens (including phenoxy) is 2. The zero-order valence-electron chi connectivity index (χ0n) is 19.3. The molecule has 6 nitrogen and oxygen atoms in total. The third kappa shape index (κ3) is 7.62. The number of hydrogen-bond acceptors (Lipinski definition) is 7. The van der Waals surface area contributed by atoms with Crippen molar-refractivity contribution >= 4 is 42.2 Å². The average molecular weight is 510 g/mol. The van der Waals surface area contributed by atoms with Gasteiger partial charge in [0.25, 0.3) is 6.47 Å². The third-order valence-electron chi connectivity index (χ3n) is 4.73. The number of nitrogens with zero attached hydrogens (tertiary/aromatic N) is 3. The van der Waals surface area contributed by atoms with E-state index in [0.717, 1.165) is 6.07 Å². The highest BCUT2D eigenvalue weighted by molar-refractivity contribution is 7.99. The van der Waals surface area contributed by atoms with Crippen molar-refractivity contribution in [2.24, 2.45) is 0 Å². The number of imidazole rings is 1. The van der Waals surface area contributed by atoms with E-state index in [-0.39, 0.29) is 36.3 Å². The molecule has 1 unspecified atom stereocenters. The molecule has 0 bridgehead atoms. The van der Waals surface area contributed by atoms with Crippen molar-refractivity contribution in [3.8, 4) is 0 Å². The molecule has 0 fully saturated rings. The van der Waals surface area contributed by atoms with Crippen LogP contribution in [0.15, 0.2) is 23.2 Å². The van der Waals surface area contributed by atoms with Gasteiger partial charge < -0.3 is 14.4 Å². The number of hydrogen-bond donors (Lipinski definition) is 0. The summed E-state index contributed by atoms with van der Waals surface area (Å²) in [5.74, 6) is -0.480. The Labute approximate surface area is 202 Å². The Hall–Kier alpha value is -1.33. The van der Waals surface area contributed by atoms with Crippen molar-refractivity contribution in [2.75, 3.05) is 20.4 Å². The monoisotopic (exact) mass is 509 g/mol. The van der Waals surface area contributed by atoms with Gasteiger partial charge in [-0.1, -0.05) is 17.7 Å². The first-order chi connectivity index (χ1) is 15.1. The molecular formula is C21H30ClF2N3O3S2. The molecule has 0 amide bonds. The van der Waals surface area contributed by atoms with Gasteiger partial charge in [-0.05, 0) is 53.1 Å². The predicted octanol–water partition coefficient (Wildman–Crippen LogP) is 5.92. The molecule has 11 heteroatoms. The van der Waals surface area contributed by atoms with Gasteiger partial charge in [0.05, 0.1) is 17.3 Å². The molecule has 0 saturated carbocycles. The van der Waals surface area contributed by atoms with Gasteiger partial charge in [0.15, 0.2) is 24.3 Å². The zero-order valence-corrected chi connectivity index (χ0v) is 21.7. The molecule has 2 aromatic rings. The number of carbonyl (C=O) groups excluding carboxylic acids is 1. The maximum atomic E-state index is 13.5. The number of thioether (sulfide) groups is 1. The Balaban J connectivity index is 0.000000547. The number of halogens is 3. The molecule has 0 N–H and O–H groups in total. The molecule has 0 spiro atoms. The van der Waals surface area contributed by atoms with E-state index in [1.807, 2.05) is 0 Å². The van der Waals surface area contributed by atoms with Crippen LogP contribution in [0.25, 0.3) is 0 Å². The lowest BCUT2D eigenvalue weighted by atomic mass is 10.1. The number of aromatic nitrogens is 2. The average Bonchev–Trinajstić information content (AvgIpc) is 3.11. The first-order valence-corrected chi connectivity index (χ1v) is 12.1. The van der Waals surface area contributed by atoms with E-state index in [0.29, 0.717) is 28.4 Å². The molecule has 0 aliphatic rings. The second-order valence-corrected chi connectivity index (χ2v) is 9.07. The fraction of sp³-hybridized carbons (Fsp3) is 0.524. The molecule has 180 valence electrons. The van der Waals surface area contributed by atoms with Crippen LogP contribution >= 0.6 is 35.7 Å². The SMILES string of the molecule is CC(C)N(C)C(C)C.COCc1nc(C(OC=O)c2ccc(F)c(Cl)c2)n(SF)c1SC. The summed E-state index contributed by atoms with van der Waals surface area (Å²) in [4.78, 5) is 17.6. The van der Waals surface area contributed by atoms with Gasteiger partial charge in [0.1, 0.15) is 10.8 Å². The summed E-state index contributed by atoms with van der Waals surface area (Å²) in [5, 5.41) is 0.382. The van der Waals surface area contributed by atoms with Crippen molar-refractivity contribution in [3.63, 3.8) is 0 Å². The zero-order chi connectivity index (χ0) is 24.4. The van der Waals surface area contributed by atoms with Gasteiger partial charge >= 0.3 is 0 Å². The third-order valence-corrected chi connectivity index (χ3v) is 6.45. The lowest BCUT2D eigenvalue weighted by Crippen LogP contribution is -2.32. The Morgan fingerprint density at radius 1 is 1.28 bits per heavy atom. The van der Waals surface area contributed by atoms with E-state index in [9.17, 15) is 13.1 Å². The van der Waals surface area contributed by atoms with E-state index in [2.05, 4.69) is 44.6 Å². The standard InChI is InChI=1S/C14H13ClF2N2O3S2.C7H17N/c1-21-6-11-14(23-2)19(24-17)13(18-11)12(22-7-20)8-3-4-10(16)9(15)5-8;1-6(2)8(5)7(3)4/h3-5,7,12H,6H2,1-2H3;6-7H,1-5H3. The molecular weight excluding hydrogens is 480 g/mol. The van der Waals surface area contributed by atoms with Crippen LogP contribution in [0, 0.1) is 5.82 Å². The van der Waals surface area contributed by atoms with Crippen LogP contribution in [0.2, 0.25) is 5.02 Å². The lowest BCUT2D eigenvalue weighted by Gasteiger charge is -2.24. The topological polar surface area (TPSA) is 56.6 Å². The van der Waals surface area contributed by atoms with E-state index in [1.165, 1.54) is 35.0 Å². The van der Waals surface area contributed by atoms with Gasteiger partial charge in [-0.15, -0.1) is 15.6 Å². The van der Waals surface area contributed by atoms with Crippen molar-refractivity contribution in [2.45, 2.75) is 57.5 Å². The Morgan fingerprint density at radius 2 is 1.91 bits per heavy atom. The molecule has 1 aromatic carbocycles. The van der Waals surface area contributed by atoms with Crippen LogP contribution in [0.5, 0.6) is 0 Å². The first-order valence-electron chi connectivity index (χ1n) is 9.82. The van der Waals surface area contributed by atoms with Crippen LogP contribution in [-0.4, -0.2) is 52.8 Å². The summed E-state index contributed by atoms with van der Waals surface area (Å²) in [7, 11) is 3.64. The highest BCUT2D eigenvalue weighted by atomic mass is 35.5. The highest BCUT2D eigenvalue weighted by Gasteiger charge is 2.27. The van der Waals surface area contributed by atoms with E-state index in [4.69, 9.17) is 21.1 Å². The molecule has 32 heavy (non-hydrogen) atoms. The fourth-order valence-corrected chi connectivity index (χ4v) is 4.20. The molecule has 1 aromatic heterocycles. The number of rotatable bonds is 10. The molecule has 2 rings (SSSR count). The summed E-state index contributed by atoms with van der Waals surface area (Å²) in [6, 6.07) is 5.19. The second-order valence-electron chi connectivity index (χ2n) is 7.36. The lowest BCUT2D eigenvalue weighted by molar-refractivity contribution is -0.132. The summed E-state index contributed by atoms with van der Waals surface area (Å²) < 4.78 is 38.2.